The molecule has 0 aromatic heterocycles. The van der Waals surface area contributed by atoms with Gasteiger partial charge in [0, 0.05) is 0 Å². The van der Waals surface area contributed by atoms with Crippen molar-refractivity contribution in [2.45, 2.75) is 0 Å². The number of methoxy groups -OCH3 is 1. The summed E-state index contributed by atoms with van der Waals surface area (Å²) in [4.78, 5) is 11.3. The van der Waals surface area contributed by atoms with Crippen LogP contribution >= 0.6 is 0 Å². The second kappa shape index (κ2) is 4.95. The Kier molecular flexibility index (Phi) is 3.86. The minimum atomic E-state index is -3.80. The molecule has 0 radical (unpaired) electrons. The Labute approximate surface area is 93.5 Å². The lowest BCUT2D eigenvalue weighted by Gasteiger charge is -2.18. The van der Waals surface area contributed by atoms with Crippen molar-refractivity contribution in [3.8, 4) is 0 Å². The van der Waals surface area contributed by atoms with Crippen LogP contribution in [0.3, 0.4) is 0 Å². The van der Waals surface area contributed by atoms with Gasteiger partial charge in [0.1, 0.15) is 0 Å². The number of hydroxylamine groups is 1. The van der Waals surface area contributed by atoms with E-state index in [0.29, 0.717) is 5.06 Å². The van der Waals surface area contributed by atoms with Crippen LogP contribution in [0.2, 0.25) is 0 Å². The summed E-state index contributed by atoms with van der Waals surface area (Å²) in [6.45, 7) is 0. The van der Waals surface area contributed by atoms with Gasteiger partial charge in [0.2, 0.25) is 0 Å². The molecule has 0 heterocycles. The maximum atomic E-state index is 11.3. The van der Waals surface area contributed by atoms with Gasteiger partial charge < -0.3 is 4.74 Å². The van der Waals surface area contributed by atoms with E-state index in [1.54, 1.807) is 18.2 Å². The van der Waals surface area contributed by atoms with Gasteiger partial charge in [-0.1, -0.05) is 18.2 Å². The molecule has 0 saturated carbocycles. The maximum Gasteiger partial charge on any atom is 0.439 e. The maximum absolute atomic E-state index is 11.3. The highest BCUT2D eigenvalue weighted by Gasteiger charge is 2.21. The summed E-state index contributed by atoms with van der Waals surface area (Å²) in [7, 11) is -2.67. The topological polar surface area (TPSA) is 72.9 Å². The molecule has 88 valence electrons. The first-order valence-electron chi connectivity index (χ1n) is 4.27. The van der Waals surface area contributed by atoms with Gasteiger partial charge in [0.15, 0.2) is 0 Å². The minimum Gasteiger partial charge on any atom is -0.451 e. The zero-order valence-corrected chi connectivity index (χ0v) is 9.60. The molecule has 1 aromatic carbocycles. The van der Waals surface area contributed by atoms with Crippen molar-refractivity contribution in [1.82, 2.24) is 0 Å². The molecule has 0 aliphatic heterocycles. The van der Waals surface area contributed by atoms with Crippen LogP contribution < -0.4 is 5.06 Å². The number of benzene rings is 1. The lowest BCUT2D eigenvalue weighted by Crippen LogP contribution is -2.33. The monoisotopic (exact) mass is 245 g/mol. The number of amides is 1. The number of hydrogen-bond acceptors (Lipinski definition) is 5. The molecule has 0 bridgehead atoms. The summed E-state index contributed by atoms with van der Waals surface area (Å²) >= 11 is 0. The molecule has 0 spiro atoms. The van der Waals surface area contributed by atoms with E-state index in [-0.39, 0.29) is 5.69 Å². The number of para-hydroxylation sites is 1. The standard InChI is InChI=1S/C9H11NO5S/c1-14-9(11)10(15-16(2,12)13)8-6-4-3-5-7-8/h3-7H,1-2H3. The quantitative estimate of drug-likeness (QED) is 0.747. The van der Waals surface area contributed by atoms with Gasteiger partial charge in [-0.15, -0.1) is 9.35 Å². The van der Waals surface area contributed by atoms with Crippen molar-refractivity contribution in [3.63, 3.8) is 0 Å². The average Bonchev–Trinajstić information content (AvgIpc) is 2.25. The molecule has 1 rings (SSSR count). The largest absolute Gasteiger partial charge is 0.451 e. The minimum absolute atomic E-state index is 0.264. The molecule has 0 N–H and O–H groups in total. The molecule has 6 nitrogen and oxygen atoms in total. The predicted octanol–water partition coefficient (Wildman–Crippen LogP) is 1.15. The first-order valence-corrected chi connectivity index (χ1v) is 6.08. The van der Waals surface area contributed by atoms with Crippen LogP contribution in [0.25, 0.3) is 0 Å². The van der Waals surface area contributed by atoms with Crippen molar-refractivity contribution in [3.05, 3.63) is 30.3 Å². The van der Waals surface area contributed by atoms with Gasteiger partial charge >= 0.3 is 6.09 Å². The van der Waals surface area contributed by atoms with Gasteiger partial charge in [0.25, 0.3) is 10.1 Å². The molecule has 0 unspecified atom stereocenters. The van der Waals surface area contributed by atoms with Crippen molar-refractivity contribution in [1.29, 1.82) is 0 Å². The summed E-state index contributed by atoms with van der Waals surface area (Å²) in [5.41, 5.74) is 0.264. The van der Waals surface area contributed by atoms with E-state index in [1.807, 2.05) is 0 Å². The second-order valence-electron chi connectivity index (χ2n) is 2.88. The molecule has 0 fully saturated rings. The Bertz CT molecular complexity index is 456. The van der Waals surface area contributed by atoms with Crippen molar-refractivity contribution in [2.24, 2.45) is 0 Å². The molecule has 7 heteroatoms. The zero-order valence-electron chi connectivity index (χ0n) is 8.78. The van der Waals surface area contributed by atoms with E-state index in [9.17, 15) is 13.2 Å². The van der Waals surface area contributed by atoms with Crippen molar-refractivity contribution >= 4 is 21.9 Å². The molecule has 0 aliphatic carbocycles. The van der Waals surface area contributed by atoms with Gasteiger partial charge in [0.05, 0.1) is 19.1 Å². The summed E-state index contributed by atoms with van der Waals surface area (Å²) in [5.74, 6) is 0. The Morgan fingerprint density at radius 2 is 1.81 bits per heavy atom. The Morgan fingerprint density at radius 1 is 1.25 bits per heavy atom. The van der Waals surface area contributed by atoms with Gasteiger partial charge in [-0.05, 0) is 12.1 Å². The normalized spacial score (nSPS) is 10.9. The molecule has 1 amide bonds. The fraction of sp³-hybridized carbons (Fsp3) is 0.222. The van der Waals surface area contributed by atoms with E-state index >= 15 is 0 Å². The third-order valence-electron chi connectivity index (χ3n) is 1.54. The summed E-state index contributed by atoms with van der Waals surface area (Å²) in [6.07, 6.45) is -0.0806. The lowest BCUT2D eigenvalue weighted by molar-refractivity contribution is 0.149. The fourth-order valence-corrected chi connectivity index (χ4v) is 1.38. The highest BCUT2D eigenvalue weighted by molar-refractivity contribution is 7.86. The average molecular weight is 245 g/mol. The van der Waals surface area contributed by atoms with Crippen LogP contribution in [-0.2, 0) is 19.1 Å². The van der Waals surface area contributed by atoms with Crippen LogP contribution in [0.1, 0.15) is 0 Å². The number of carbonyl (C=O) groups is 1. The van der Waals surface area contributed by atoms with E-state index < -0.39 is 16.2 Å². The lowest BCUT2D eigenvalue weighted by atomic mass is 10.3. The number of rotatable bonds is 3. The Balaban J connectivity index is 3.02. The molecule has 0 atom stereocenters. The van der Waals surface area contributed by atoms with Crippen LogP contribution in [0.4, 0.5) is 10.5 Å². The highest BCUT2D eigenvalue weighted by Crippen LogP contribution is 2.16. The number of hydrogen-bond donors (Lipinski definition) is 0. The van der Waals surface area contributed by atoms with Crippen LogP contribution in [0, 0.1) is 0 Å². The Hall–Kier alpha value is -1.60. The van der Waals surface area contributed by atoms with Crippen molar-refractivity contribution in [2.75, 3.05) is 18.4 Å². The Morgan fingerprint density at radius 3 is 2.25 bits per heavy atom. The number of ether oxygens (including phenoxy) is 1. The van der Waals surface area contributed by atoms with E-state index in [1.165, 1.54) is 12.1 Å². The van der Waals surface area contributed by atoms with Crippen LogP contribution in [0.5, 0.6) is 0 Å². The predicted molar refractivity (Wildman–Crippen MR) is 57.3 cm³/mol. The summed E-state index contributed by atoms with van der Waals surface area (Å²) in [5, 5.41) is 0.565. The van der Waals surface area contributed by atoms with E-state index in [0.717, 1.165) is 13.4 Å². The number of nitrogens with zero attached hydrogens (tertiary/aromatic N) is 1. The summed E-state index contributed by atoms with van der Waals surface area (Å²) in [6, 6.07) is 8.03. The first-order chi connectivity index (χ1) is 7.44. The van der Waals surface area contributed by atoms with Gasteiger partial charge in [-0.2, -0.15) is 8.42 Å². The molecule has 16 heavy (non-hydrogen) atoms. The highest BCUT2D eigenvalue weighted by atomic mass is 32.2. The molecular formula is C9H11NO5S. The third-order valence-corrected chi connectivity index (χ3v) is 1.96. The smallest absolute Gasteiger partial charge is 0.439 e. The van der Waals surface area contributed by atoms with Gasteiger partial charge in [-0.3, -0.25) is 0 Å². The van der Waals surface area contributed by atoms with Crippen LogP contribution in [0.15, 0.2) is 30.3 Å². The number of carbonyl (C=O) groups excluding carboxylic acids is 1. The number of anilines is 1. The van der Waals surface area contributed by atoms with Gasteiger partial charge in [-0.25, -0.2) is 4.79 Å². The second-order valence-corrected chi connectivity index (χ2v) is 4.44. The summed E-state index contributed by atoms with van der Waals surface area (Å²) < 4.78 is 30.8. The first kappa shape index (κ1) is 12.5. The van der Waals surface area contributed by atoms with E-state index in [4.69, 9.17) is 0 Å². The molecule has 1 aromatic rings. The molecule has 0 aliphatic rings. The third kappa shape index (κ3) is 3.52. The molecular weight excluding hydrogens is 234 g/mol. The van der Waals surface area contributed by atoms with Crippen LogP contribution in [-0.4, -0.2) is 27.9 Å². The van der Waals surface area contributed by atoms with E-state index in [2.05, 4.69) is 9.02 Å². The zero-order chi connectivity index (χ0) is 12.2. The fourth-order valence-electron chi connectivity index (χ4n) is 0.961. The molecule has 0 saturated heterocycles. The SMILES string of the molecule is COC(=O)N(OS(C)(=O)=O)c1ccccc1. The van der Waals surface area contributed by atoms with Crippen molar-refractivity contribution < 1.29 is 22.2 Å².